The van der Waals surface area contributed by atoms with Gasteiger partial charge in [-0.1, -0.05) is 0 Å². The highest BCUT2D eigenvalue weighted by Crippen LogP contribution is 2.21. The molecule has 9 heteroatoms. The van der Waals surface area contributed by atoms with Crippen LogP contribution in [0.25, 0.3) is 0 Å². The highest BCUT2D eigenvalue weighted by molar-refractivity contribution is 7.86. The van der Waals surface area contributed by atoms with Gasteiger partial charge in [0.2, 0.25) is 5.92 Å². The van der Waals surface area contributed by atoms with E-state index in [1.165, 1.54) is 0 Å². The van der Waals surface area contributed by atoms with Gasteiger partial charge in [0.05, 0.1) is 6.26 Å². The first-order valence-electron chi connectivity index (χ1n) is 5.91. The molecule has 0 bridgehead atoms. The molecule has 0 spiro atoms. The Labute approximate surface area is 117 Å². The number of carbonyl (C=O) groups is 1. The molecule has 0 aromatic carbocycles. The molecular formula is C11H21F2NO5S. The summed E-state index contributed by atoms with van der Waals surface area (Å²) >= 11 is 0. The first-order valence-corrected chi connectivity index (χ1v) is 7.72. The Morgan fingerprint density at radius 3 is 2.10 bits per heavy atom. The molecule has 0 aliphatic heterocycles. The summed E-state index contributed by atoms with van der Waals surface area (Å²) in [5, 5.41) is 2.20. The van der Waals surface area contributed by atoms with Crippen molar-refractivity contribution >= 4 is 16.2 Å². The second-order valence-electron chi connectivity index (χ2n) is 5.58. The Morgan fingerprint density at radius 2 is 1.75 bits per heavy atom. The predicted octanol–water partition coefficient (Wildman–Crippen LogP) is 1.90. The van der Waals surface area contributed by atoms with Crippen LogP contribution in [0.15, 0.2) is 0 Å². The maximum atomic E-state index is 12.9. The molecule has 0 saturated carbocycles. The van der Waals surface area contributed by atoms with E-state index in [-0.39, 0.29) is 0 Å². The number of alkyl carbamates (subject to hydrolysis) is 1. The van der Waals surface area contributed by atoms with Crippen LogP contribution in [-0.4, -0.2) is 44.9 Å². The Hall–Kier alpha value is -0.960. The van der Waals surface area contributed by atoms with Gasteiger partial charge in [-0.3, -0.25) is 4.18 Å². The quantitative estimate of drug-likeness (QED) is 0.757. The highest BCUT2D eigenvalue weighted by atomic mass is 32.2. The Bertz CT molecular complexity index is 425. The number of nitrogens with one attached hydrogen (secondary N) is 1. The summed E-state index contributed by atoms with van der Waals surface area (Å²) in [6.45, 7) is 5.15. The first-order chi connectivity index (χ1) is 8.68. The monoisotopic (exact) mass is 317 g/mol. The van der Waals surface area contributed by atoms with Crippen molar-refractivity contribution in [2.45, 2.75) is 51.7 Å². The fraction of sp³-hybridized carbons (Fsp3) is 0.909. The molecular weight excluding hydrogens is 296 g/mol. The number of rotatable bonds is 6. The van der Waals surface area contributed by atoms with Crippen LogP contribution >= 0.6 is 0 Å². The van der Waals surface area contributed by atoms with Crippen LogP contribution < -0.4 is 5.32 Å². The van der Waals surface area contributed by atoms with Crippen LogP contribution in [0.3, 0.4) is 0 Å². The van der Waals surface area contributed by atoms with Crippen LogP contribution in [-0.2, 0) is 19.0 Å². The second kappa shape index (κ2) is 6.66. The van der Waals surface area contributed by atoms with E-state index in [1.54, 1.807) is 20.8 Å². The first kappa shape index (κ1) is 19.0. The zero-order chi connectivity index (χ0) is 16.2. The van der Waals surface area contributed by atoms with E-state index in [0.29, 0.717) is 6.92 Å². The average Bonchev–Trinajstić information content (AvgIpc) is 2.06. The summed E-state index contributed by atoms with van der Waals surface area (Å²) in [4.78, 5) is 11.4. The molecule has 0 rings (SSSR count). The van der Waals surface area contributed by atoms with Crippen molar-refractivity contribution in [1.82, 2.24) is 5.32 Å². The van der Waals surface area contributed by atoms with Crippen molar-refractivity contribution in [3.63, 3.8) is 0 Å². The topological polar surface area (TPSA) is 81.7 Å². The summed E-state index contributed by atoms with van der Waals surface area (Å²) < 4.78 is 57.3. The lowest BCUT2D eigenvalue weighted by Gasteiger charge is -2.23. The minimum atomic E-state index is -3.90. The van der Waals surface area contributed by atoms with Gasteiger partial charge in [0.25, 0.3) is 10.1 Å². The zero-order valence-corrected chi connectivity index (χ0v) is 13.0. The van der Waals surface area contributed by atoms with Gasteiger partial charge >= 0.3 is 6.09 Å². The van der Waals surface area contributed by atoms with Gasteiger partial charge in [-0.05, 0) is 27.7 Å². The van der Waals surface area contributed by atoms with Gasteiger partial charge in [-0.25, -0.2) is 13.6 Å². The van der Waals surface area contributed by atoms with Crippen molar-refractivity contribution in [2.75, 3.05) is 12.8 Å². The van der Waals surface area contributed by atoms with E-state index in [4.69, 9.17) is 4.74 Å². The van der Waals surface area contributed by atoms with Crippen molar-refractivity contribution in [2.24, 2.45) is 0 Å². The molecule has 0 aromatic rings. The summed E-state index contributed by atoms with van der Waals surface area (Å²) in [5.41, 5.74) is -0.744. The SMILES string of the molecule is CC(F)(F)CC(CNC(=O)OC(C)(C)C)OS(C)(=O)=O. The molecule has 1 unspecified atom stereocenters. The van der Waals surface area contributed by atoms with Crippen LogP contribution in [0.1, 0.15) is 34.1 Å². The van der Waals surface area contributed by atoms with E-state index in [2.05, 4.69) is 9.50 Å². The Morgan fingerprint density at radius 1 is 1.25 bits per heavy atom. The predicted molar refractivity (Wildman–Crippen MR) is 69.2 cm³/mol. The molecule has 0 saturated heterocycles. The van der Waals surface area contributed by atoms with Gasteiger partial charge in [0, 0.05) is 13.0 Å². The number of hydrogen-bond acceptors (Lipinski definition) is 5. The molecule has 1 amide bonds. The maximum absolute atomic E-state index is 12.9. The lowest BCUT2D eigenvalue weighted by Crippen LogP contribution is -2.40. The van der Waals surface area contributed by atoms with Gasteiger partial charge in [-0.2, -0.15) is 8.42 Å². The van der Waals surface area contributed by atoms with Crippen LogP contribution in [0, 0.1) is 0 Å². The van der Waals surface area contributed by atoms with Crippen molar-refractivity contribution < 1.29 is 30.9 Å². The average molecular weight is 317 g/mol. The molecule has 0 fully saturated rings. The Kier molecular flexibility index (Phi) is 6.34. The number of amides is 1. The summed E-state index contributed by atoms with van der Waals surface area (Å²) in [7, 11) is -3.90. The standard InChI is InChI=1S/C11H21F2NO5S/c1-10(2,3)18-9(15)14-7-8(6-11(4,12)13)19-20(5,16)17/h8H,6-7H2,1-5H3,(H,14,15). The molecule has 0 heterocycles. The van der Waals surface area contributed by atoms with Crippen LogP contribution in [0.2, 0.25) is 0 Å². The fourth-order valence-electron chi connectivity index (χ4n) is 1.30. The molecule has 20 heavy (non-hydrogen) atoms. The van der Waals surface area contributed by atoms with Crippen LogP contribution in [0.5, 0.6) is 0 Å². The lowest BCUT2D eigenvalue weighted by molar-refractivity contribution is -0.0203. The molecule has 1 atom stereocenters. The maximum Gasteiger partial charge on any atom is 0.407 e. The van der Waals surface area contributed by atoms with E-state index >= 15 is 0 Å². The van der Waals surface area contributed by atoms with Crippen molar-refractivity contribution in [3.05, 3.63) is 0 Å². The van der Waals surface area contributed by atoms with E-state index < -0.39 is 46.8 Å². The number of hydrogen-bond donors (Lipinski definition) is 1. The highest BCUT2D eigenvalue weighted by Gasteiger charge is 2.30. The van der Waals surface area contributed by atoms with E-state index in [9.17, 15) is 22.0 Å². The van der Waals surface area contributed by atoms with E-state index in [1.807, 2.05) is 0 Å². The number of halogens is 2. The molecule has 1 N–H and O–H groups in total. The fourth-order valence-corrected chi connectivity index (χ4v) is 1.93. The van der Waals surface area contributed by atoms with Crippen LogP contribution in [0.4, 0.5) is 13.6 Å². The Balaban J connectivity index is 4.55. The summed E-state index contributed by atoms with van der Waals surface area (Å²) in [6, 6.07) is 0. The molecule has 0 aromatic heterocycles. The normalized spacial score (nSPS) is 14.8. The van der Waals surface area contributed by atoms with Gasteiger partial charge in [-0.15, -0.1) is 0 Å². The van der Waals surface area contributed by atoms with Gasteiger partial charge in [0.15, 0.2) is 0 Å². The minimum Gasteiger partial charge on any atom is -0.444 e. The summed E-state index contributed by atoms with van der Waals surface area (Å²) in [6.07, 6.45) is -2.28. The third-order valence-corrected chi connectivity index (χ3v) is 2.39. The number of carbonyl (C=O) groups excluding carboxylic acids is 1. The minimum absolute atomic E-state index is 0.397. The van der Waals surface area contributed by atoms with E-state index in [0.717, 1.165) is 6.26 Å². The molecule has 0 radical (unpaired) electrons. The molecule has 6 nitrogen and oxygen atoms in total. The number of alkyl halides is 2. The largest absolute Gasteiger partial charge is 0.444 e. The third kappa shape index (κ3) is 12.1. The molecule has 0 aliphatic carbocycles. The zero-order valence-electron chi connectivity index (χ0n) is 12.2. The van der Waals surface area contributed by atoms with Gasteiger partial charge < -0.3 is 10.1 Å². The number of ether oxygens (including phenoxy) is 1. The third-order valence-electron chi connectivity index (χ3n) is 1.77. The lowest BCUT2D eigenvalue weighted by atomic mass is 10.1. The van der Waals surface area contributed by atoms with Crippen molar-refractivity contribution in [1.29, 1.82) is 0 Å². The second-order valence-corrected chi connectivity index (χ2v) is 7.18. The van der Waals surface area contributed by atoms with Crippen molar-refractivity contribution in [3.8, 4) is 0 Å². The molecule has 0 aliphatic rings. The van der Waals surface area contributed by atoms with Gasteiger partial charge in [0.1, 0.15) is 11.7 Å². The summed E-state index contributed by atoms with van der Waals surface area (Å²) in [5.74, 6) is -3.12. The smallest absolute Gasteiger partial charge is 0.407 e. The molecule has 120 valence electrons.